The maximum atomic E-state index is 13.5. The summed E-state index contributed by atoms with van der Waals surface area (Å²) in [6.07, 6.45) is 1.77. The molecule has 148 valence electrons. The number of hydrogen-bond acceptors (Lipinski definition) is 3. The van der Waals surface area contributed by atoms with E-state index in [9.17, 15) is 4.39 Å². The van der Waals surface area contributed by atoms with Crippen LogP contribution in [-0.2, 0) is 19.0 Å². The molecular formula is C19H28FIN6. The lowest BCUT2D eigenvalue weighted by Gasteiger charge is -2.27. The van der Waals surface area contributed by atoms with Crippen molar-refractivity contribution in [1.82, 2.24) is 25.4 Å². The number of aromatic nitrogens is 3. The number of nitrogens with one attached hydrogen (secondary N) is 2. The van der Waals surface area contributed by atoms with Gasteiger partial charge in [0.25, 0.3) is 0 Å². The van der Waals surface area contributed by atoms with Crippen LogP contribution >= 0.6 is 24.0 Å². The minimum Gasteiger partial charge on any atom is -0.356 e. The van der Waals surface area contributed by atoms with Crippen molar-refractivity contribution in [3.05, 3.63) is 59.9 Å². The second kappa shape index (κ2) is 10.4. The van der Waals surface area contributed by atoms with Gasteiger partial charge in [-0.15, -0.1) is 40.8 Å². The Morgan fingerprint density at radius 3 is 2.67 bits per heavy atom. The molecule has 1 heterocycles. The van der Waals surface area contributed by atoms with Crippen LogP contribution in [-0.4, -0.2) is 33.8 Å². The van der Waals surface area contributed by atoms with Crippen molar-refractivity contribution in [2.75, 3.05) is 13.1 Å². The van der Waals surface area contributed by atoms with E-state index in [2.05, 4.69) is 46.2 Å². The van der Waals surface area contributed by atoms with Gasteiger partial charge in [0.2, 0.25) is 0 Å². The Kier molecular flexibility index (Phi) is 8.87. The summed E-state index contributed by atoms with van der Waals surface area (Å²) in [5.74, 6) is 2.05. The molecule has 1 aromatic carbocycles. The van der Waals surface area contributed by atoms with E-state index in [4.69, 9.17) is 0 Å². The van der Waals surface area contributed by atoms with Crippen molar-refractivity contribution >= 4 is 29.9 Å². The van der Waals surface area contributed by atoms with Crippen LogP contribution in [0.4, 0.5) is 4.39 Å². The molecule has 0 fully saturated rings. The molecule has 0 radical (unpaired) electrons. The van der Waals surface area contributed by atoms with Crippen LogP contribution in [0.2, 0.25) is 0 Å². The highest BCUT2D eigenvalue weighted by Crippen LogP contribution is 2.22. The average molecular weight is 486 g/mol. The molecule has 0 spiro atoms. The minimum absolute atomic E-state index is 0. The van der Waals surface area contributed by atoms with Crippen molar-refractivity contribution in [3.63, 3.8) is 0 Å². The Hall–Kier alpha value is -1.97. The molecule has 0 atom stereocenters. The zero-order valence-corrected chi connectivity index (χ0v) is 18.6. The highest BCUT2D eigenvalue weighted by Gasteiger charge is 2.21. The monoisotopic (exact) mass is 486 g/mol. The summed E-state index contributed by atoms with van der Waals surface area (Å²) >= 11 is 0. The van der Waals surface area contributed by atoms with E-state index in [0.717, 1.165) is 17.2 Å². The number of aryl methyl sites for hydroxylation is 1. The first kappa shape index (κ1) is 23.1. The quantitative estimate of drug-likeness (QED) is 0.273. The van der Waals surface area contributed by atoms with Crippen molar-refractivity contribution in [2.24, 2.45) is 12.0 Å². The lowest BCUT2D eigenvalue weighted by Crippen LogP contribution is -2.43. The minimum atomic E-state index is -0.264. The number of guanidine groups is 1. The number of halogens is 2. The summed E-state index contributed by atoms with van der Waals surface area (Å²) in [7, 11) is 1.91. The lowest BCUT2D eigenvalue weighted by molar-refractivity contribution is 0.503. The van der Waals surface area contributed by atoms with Crippen LogP contribution < -0.4 is 10.6 Å². The van der Waals surface area contributed by atoms with Crippen LogP contribution in [0.15, 0.2) is 41.9 Å². The molecule has 0 amide bonds. The lowest BCUT2D eigenvalue weighted by atomic mass is 9.84. The first-order valence-corrected chi connectivity index (χ1v) is 8.57. The third kappa shape index (κ3) is 6.60. The Morgan fingerprint density at radius 2 is 2.07 bits per heavy atom. The molecule has 1 aromatic heterocycles. The number of benzene rings is 1. The second-order valence-corrected chi connectivity index (χ2v) is 6.80. The van der Waals surface area contributed by atoms with E-state index in [-0.39, 0.29) is 35.2 Å². The van der Waals surface area contributed by atoms with Gasteiger partial charge in [0.15, 0.2) is 11.8 Å². The van der Waals surface area contributed by atoms with Gasteiger partial charge < -0.3 is 15.2 Å². The molecule has 0 saturated carbocycles. The van der Waals surface area contributed by atoms with Crippen molar-refractivity contribution < 1.29 is 4.39 Å². The molecule has 2 rings (SSSR count). The van der Waals surface area contributed by atoms with Gasteiger partial charge >= 0.3 is 0 Å². The number of hydrogen-bond donors (Lipinski definition) is 2. The van der Waals surface area contributed by atoms with Crippen LogP contribution in [0.5, 0.6) is 0 Å². The van der Waals surface area contributed by atoms with Crippen molar-refractivity contribution in [3.8, 4) is 0 Å². The van der Waals surface area contributed by atoms with Gasteiger partial charge in [-0.2, -0.15) is 0 Å². The third-order valence-electron chi connectivity index (χ3n) is 4.28. The highest BCUT2D eigenvalue weighted by atomic mass is 127. The smallest absolute Gasteiger partial charge is 0.191 e. The molecule has 0 bridgehead atoms. The van der Waals surface area contributed by atoms with E-state index in [1.165, 1.54) is 6.07 Å². The summed E-state index contributed by atoms with van der Waals surface area (Å²) in [6.45, 7) is 11.3. The zero-order chi connectivity index (χ0) is 19.2. The molecule has 0 unspecified atom stereocenters. The second-order valence-electron chi connectivity index (χ2n) is 6.80. The van der Waals surface area contributed by atoms with E-state index >= 15 is 0 Å². The standard InChI is InChI=1S/C19H27FN6.HI/c1-6-10-21-18(22-12-17-25-24-14(2)26(17)5)23-13-19(3,4)15-8-7-9-16(20)11-15;/h6-9,11H,1,10,12-13H2,2-5H3,(H2,21,22,23);1H. The van der Waals surface area contributed by atoms with E-state index in [0.29, 0.717) is 25.6 Å². The van der Waals surface area contributed by atoms with Gasteiger partial charge in [-0.25, -0.2) is 9.38 Å². The molecule has 0 aliphatic heterocycles. The molecule has 8 heteroatoms. The molecule has 0 saturated heterocycles. The largest absolute Gasteiger partial charge is 0.356 e. The maximum Gasteiger partial charge on any atom is 0.191 e. The maximum absolute atomic E-state index is 13.5. The summed E-state index contributed by atoms with van der Waals surface area (Å²) in [5, 5.41) is 14.7. The summed E-state index contributed by atoms with van der Waals surface area (Å²) in [4.78, 5) is 4.57. The fourth-order valence-corrected chi connectivity index (χ4v) is 2.40. The zero-order valence-electron chi connectivity index (χ0n) is 16.3. The van der Waals surface area contributed by atoms with Gasteiger partial charge in [0.05, 0.1) is 0 Å². The van der Waals surface area contributed by atoms with Gasteiger partial charge in [-0.3, -0.25) is 0 Å². The average Bonchev–Trinajstić information content (AvgIpc) is 2.93. The molecule has 2 aromatic rings. The van der Waals surface area contributed by atoms with E-state index in [1.807, 2.05) is 24.6 Å². The number of aliphatic imine (C=N–C) groups is 1. The Labute approximate surface area is 177 Å². The Bertz CT molecular complexity index is 784. The van der Waals surface area contributed by atoms with E-state index < -0.39 is 0 Å². The fourth-order valence-electron chi connectivity index (χ4n) is 2.40. The summed E-state index contributed by atoms with van der Waals surface area (Å²) < 4.78 is 15.4. The number of rotatable bonds is 7. The molecular weight excluding hydrogens is 458 g/mol. The van der Waals surface area contributed by atoms with Gasteiger partial charge in [-0.05, 0) is 24.6 Å². The van der Waals surface area contributed by atoms with Crippen molar-refractivity contribution in [1.29, 1.82) is 0 Å². The number of nitrogens with zero attached hydrogens (tertiary/aromatic N) is 4. The third-order valence-corrected chi connectivity index (χ3v) is 4.28. The molecule has 2 N–H and O–H groups in total. The van der Waals surface area contributed by atoms with E-state index in [1.54, 1.807) is 18.2 Å². The van der Waals surface area contributed by atoms with Crippen molar-refractivity contribution in [2.45, 2.75) is 32.7 Å². The summed E-state index contributed by atoms with van der Waals surface area (Å²) in [5.41, 5.74) is 0.664. The van der Waals surface area contributed by atoms with Gasteiger partial charge in [0.1, 0.15) is 18.2 Å². The topological polar surface area (TPSA) is 67.1 Å². The normalized spacial score (nSPS) is 11.7. The van der Waals surface area contributed by atoms with Gasteiger partial charge in [-0.1, -0.05) is 32.1 Å². The molecule has 0 aliphatic rings. The van der Waals surface area contributed by atoms with Gasteiger partial charge in [0, 0.05) is 25.6 Å². The Morgan fingerprint density at radius 1 is 1.33 bits per heavy atom. The predicted molar refractivity (Wildman–Crippen MR) is 118 cm³/mol. The predicted octanol–water partition coefficient (Wildman–Crippen LogP) is 3.08. The highest BCUT2D eigenvalue weighted by molar-refractivity contribution is 14.0. The van der Waals surface area contributed by atoms with Crippen LogP contribution in [0.3, 0.4) is 0 Å². The van der Waals surface area contributed by atoms with Crippen LogP contribution in [0.25, 0.3) is 0 Å². The van der Waals surface area contributed by atoms with Crippen LogP contribution in [0.1, 0.15) is 31.1 Å². The molecule has 0 aliphatic carbocycles. The molecule has 27 heavy (non-hydrogen) atoms. The summed E-state index contributed by atoms with van der Waals surface area (Å²) in [6, 6.07) is 6.68. The fraction of sp³-hybridized carbons (Fsp3) is 0.421. The SMILES string of the molecule is C=CCNC(=NCc1nnc(C)n1C)NCC(C)(C)c1cccc(F)c1.I. The first-order chi connectivity index (χ1) is 12.3. The van der Waals surface area contributed by atoms with Crippen LogP contribution in [0, 0.1) is 12.7 Å². The molecule has 6 nitrogen and oxygen atoms in total. The Balaban J connectivity index is 0.00000364. The first-order valence-electron chi connectivity index (χ1n) is 8.57.